The second kappa shape index (κ2) is 5.13. The van der Waals surface area contributed by atoms with E-state index in [1.165, 1.54) is 7.11 Å². The van der Waals surface area contributed by atoms with Crippen molar-refractivity contribution < 1.29 is 28.0 Å². The number of hydrogen-bond acceptors (Lipinski definition) is 3. The largest absolute Gasteiger partial charge is 0.469 e. The molecule has 0 amide bonds. The fraction of sp³-hybridized carbons (Fsp3) is 0.778. The van der Waals surface area contributed by atoms with Crippen LogP contribution in [0.25, 0.3) is 0 Å². The molecule has 0 heterocycles. The maximum absolute atomic E-state index is 11.2. The van der Waals surface area contributed by atoms with Crippen molar-refractivity contribution in [2.24, 2.45) is 11.8 Å². The molecule has 0 atom stereocenters. The standard InChI is InChI=1S/C9H16O6S/c1-15-8(10)6-2-4-7(5-3-6)9(11)16(12,13)14/h6-7,11H,2-5H2,1H3,(H2,12,13,14). The van der Waals surface area contributed by atoms with Crippen LogP contribution in [0.3, 0.4) is 0 Å². The molecule has 94 valence electrons. The molecule has 0 spiro atoms. The fourth-order valence-electron chi connectivity index (χ4n) is 1.96. The SMILES string of the molecule is COC(=O)C1CCC(C(O)=S(=O)(O)O)CC1. The highest BCUT2D eigenvalue weighted by atomic mass is 32.2. The molecule has 1 fully saturated rings. The van der Waals surface area contributed by atoms with E-state index in [0.717, 1.165) is 0 Å². The van der Waals surface area contributed by atoms with Crippen molar-refractivity contribution in [2.45, 2.75) is 25.7 Å². The fourth-order valence-corrected chi connectivity index (χ4v) is 2.63. The Balaban J connectivity index is 2.63. The van der Waals surface area contributed by atoms with Crippen LogP contribution < -0.4 is 0 Å². The van der Waals surface area contributed by atoms with Crippen molar-refractivity contribution in [1.82, 2.24) is 0 Å². The molecule has 3 N–H and O–H groups in total. The van der Waals surface area contributed by atoms with E-state index >= 15 is 0 Å². The molecule has 0 saturated heterocycles. The number of aliphatic hydroxyl groups excluding tert-OH is 1. The van der Waals surface area contributed by atoms with Crippen molar-refractivity contribution >= 4 is 21.1 Å². The zero-order chi connectivity index (χ0) is 12.3. The van der Waals surface area contributed by atoms with Crippen molar-refractivity contribution in [3.63, 3.8) is 0 Å². The number of carbonyl (C=O) groups is 1. The maximum Gasteiger partial charge on any atom is 0.308 e. The summed E-state index contributed by atoms with van der Waals surface area (Å²) < 4.78 is 32.9. The molecule has 1 saturated carbocycles. The minimum atomic E-state index is -4.24. The van der Waals surface area contributed by atoms with E-state index in [2.05, 4.69) is 4.74 Å². The summed E-state index contributed by atoms with van der Waals surface area (Å²) in [5.74, 6) is -1.04. The molecule has 0 unspecified atom stereocenters. The molecule has 1 rings (SSSR count). The first-order chi connectivity index (χ1) is 7.36. The van der Waals surface area contributed by atoms with Crippen molar-refractivity contribution in [3.05, 3.63) is 0 Å². The highest BCUT2D eigenvalue weighted by Gasteiger charge is 2.30. The summed E-state index contributed by atoms with van der Waals surface area (Å²) in [6.45, 7) is 0. The average molecular weight is 252 g/mol. The Morgan fingerprint density at radius 3 is 2.00 bits per heavy atom. The molecule has 0 radical (unpaired) electrons. The first-order valence-corrected chi connectivity index (χ1v) is 6.46. The van der Waals surface area contributed by atoms with E-state index in [9.17, 15) is 14.1 Å². The lowest BCUT2D eigenvalue weighted by Crippen LogP contribution is -2.29. The van der Waals surface area contributed by atoms with Crippen LogP contribution in [0.5, 0.6) is 0 Å². The molecule has 7 heteroatoms. The molecule has 0 bridgehead atoms. The number of esters is 1. The number of rotatable bonds is 2. The second-order valence-corrected chi connectivity index (χ2v) is 5.32. The summed E-state index contributed by atoms with van der Waals surface area (Å²) in [6.07, 6.45) is 1.75. The van der Waals surface area contributed by atoms with E-state index in [-0.39, 0.29) is 11.9 Å². The maximum atomic E-state index is 11.2. The van der Waals surface area contributed by atoms with Crippen LogP contribution in [0, 0.1) is 11.8 Å². The molecule has 0 aromatic rings. The van der Waals surface area contributed by atoms with Gasteiger partial charge in [0, 0.05) is 5.92 Å². The zero-order valence-electron chi connectivity index (χ0n) is 8.96. The number of carbonyl (C=O) groups excluding carboxylic acids is 1. The van der Waals surface area contributed by atoms with Crippen molar-refractivity contribution in [1.29, 1.82) is 0 Å². The van der Waals surface area contributed by atoms with Gasteiger partial charge >= 0.3 is 5.97 Å². The molecular formula is C9H16O6S. The molecule has 1 aliphatic rings. The Hall–Kier alpha value is -0.630. The van der Waals surface area contributed by atoms with Gasteiger partial charge in [-0.2, -0.15) is 0 Å². The number of hydrogen-bond donors (Lipinski definition) is 3. The summed E-state index contributed by atoms with van der Waals surface area (Å²) in [6, 6.07) is 0. The van der Waals surface area contributed by atoms with Crippen LogP contribution in [0.15, 0.2) is 0 Å². The Morgan fingerprint density at radius 1 is 1.19 bits per heavy atom. The van der Waals surface area contributed by atoms with Crippen LogP contribution in [0.1, 0.15) is 25.7 Å². The van der Waals surface area contributed by atoms with Gasteiger partial charge in [0.15, 0.2) is 5.05 Å². The minimum Gasteiger partial charge on any atom is -0.469 e. The van der Waals surface area contributed by atoms with Crippen molar-refractivity contribution in [3.8, 4) is 0 Å². The van der Waals surface area contributed by atoms with Crippen molar-refractivity contribution in [2.75, 3.05) is 7.11 Å². The van der Waals surface area contributed by atoms with Crippen LogP contribution in [0.4, 0.5) is 0 Å². The smallest absolute Gasteiger partial charge is 0.308 e. The third-order valence-electron chi connectivity index (χ3n) is 2.88. The zero-order valence-corrected chi connectivity index (χ0v) is 9.77. The summed E-state index contributed by atoms with van der Waals surface area (Å²) in [5.41, 5.74) is 0. The van der Waals surface area contributed by atoms with Gasteiger partial charge in [-0.3, -0.25) is 13.9 Å². The van der Waals surface area contributed by atoms with Gasteiger partial charge in [-0.25, -0.2) is 4.21 Å². The Labute approximate surface area is 94.3 Å². The molecule has 16 heavy (non-hydrogen) atoms. The quantitative estimate of drug-likeness (QED) is 0.498. The Bertz CT molecular complexity index is 365. The van der Waals surface area contributed by atoms with E-state index in [4.69, 9.17) is 9.11 Å². The van der Waals surface area contributed by atoms with Gasteiger partial charge in [0.05, 0.1) is 13.0 Å². The predicted octanol–water partition coefficient (Wildman–Crippen LogP) is 0.884. The normalized spacial score (nSPS) is 26.2. The molecular weight excluding hydrogens is 236 g/mol. The van der Waals surface area contributed by atoms with Crippen LogP contribution in [-0.2, 0) is 19.6 Å². The average Bonchev–Trinajstić information content (AvgIpc) is 2.26. The number of ether oxygens (including phenoxy) is 1. The Morgan fingerprint density at radius 2 is 1.62 bits per heavy atom. The third kappa shape index (κ3) is 3.18. The first-order valence-electron chi connectivity index (χ1n) is 4.99. The topological polar surface area (TPSA) is 104 Å². The summed E-state index contributed by atoms with van der Waals surface area (Å²) in [7, 11) is -2.93. The van der Waals surface area contributed by atoms with Crippen LogP contribution >= 0.6 is 0 Å². The lowest BCUT2D eigenvalue weighted by Gasteiger charge is -2.26. The molecule has 6 nitrogen and oxygen atoms in total. The highest BCUT2D eigenvalue weighted by Crippen LogP contribution is 2.30. The number of methoxy groups -OCH3 is 1. The van der Waals surface area contributed by atoms with E-state index < -0.39 is 21.1 Å². The van der Waals surface area contributed by atoms with Crippen LogP contribution in [-0.4, -0.2) is 36.6 Å². The summed E-state index contributed by atoms with van der Waals surface area (Å²) >= 11 is 0. The lowest BCUT2D eigenvalue weighted by atomic mass is 9.82. The van der Waals surface area contributed by atoms with Gasteiger partial charge in [-0.15, -0.1) is 0 Å². The second-order valence-electron chi connectivity index (χ2n) is 3.91. The monoisotopic (exact) mass is 252 g/mol. The molecule has 0 aromatic carbocycles. The summed E-state index contributed by atoms with van der Waals surface area (Å²) in [4.78, 5) is 11.2. The van der Waals surface area contributed by atoms with Gasteiger partial charge in [-0.05, 0) is 25.7 Å². The Kier molecular flexibility index (Phi) is 4.31. The first kappa shape index (κ1) is 13.4. The van der Waals surface area contributed by atoms with Crippen LogP contribution in [0.2, 0.25) is 0 Å². The van der Waals surface area contributed by atoms with E-state index in [1.807, 2.05) is 0 Å². The lowest BCUT2D eigenvalue weighted by molar-refractivity contribution is -0.146. The molecule has 1 aliphatic carbocycles. The van der Waals surface area contributed by atoms with Gasteiger partial charge in [0.1, 0.15) is 0 Å². The number of aliphatic hydroxyl groups is 1. The van der Waals surface area contributed by atoms with Gasteiger partial charge in [-0.1, -0.05) is 0 Å². The van der Waals surface area contributed by atoms with E-state index in [1.54, 1.807) is 0 Å². The summed E-state index contributed by atoms with van der Waals surface area (Å²) in [5, 5.41) is 8.54. The predicted molar refractivity (Wildman–Crippen MR) is 58.5 cm³/mol. The van der Waals surface area contributed by atoms with Gasteiger partial charge in [0.2, 0.25) is 10.1 Å². The van der Waals surface area contributed by atoms with E-state index in [0.29, 0.717) is 25.7 Å². The van der Waals surface area contributed by atoms with Gasteiger partial charge < -0.3 is 9.84 Å². The van der Waals surface area contributed by atoms with Gasteiger partial charge in [0.25, 0.3) is 0 Å². The minimum absolute atomic E-state index is 0.220. The third-order valence-corrected chi connectivity index (χ3v) is 3.76. The molecule has 0 aromatic heterocycles. The molecule has 0 aliphatic heterocycles. The highest BCUT2D eigenvalue weighted by molar-refractivity contribution is 7.91.